The molecule has 1 atom stereocenters. The summed E-state index contributed by atoms with van der Waals surface area (Å²) in [6.07, 6.45) is 3.38. The average molecular weight is 403 g/mol. The van der Waals surface area contributed by atoms with Crippen LogP contribution in [0.4, 0.5) is 0 Å². The maximum Gasteiger partial charge on any atom is 0.266 e. The van der Waals surface area contributed by atoms with Crippen molar-refractivity contribution < 1.29 is 19.1 Å². The summed E-state index contributed by atoms with van der Waals surface area (Å²) < 4.78 is 6.10. The molecule has 0 saturated carbocycles. The molecule has 0 radical (unpaired) electrons. The third-order valence-electron chi connectivity index (χ3n) is 3.11. The van der Waals surface area contributed by atoms with Crippen molar-refractivity contribution in [1.82, 2.24) is 4.90 Å². The number of nitrogens with zero attached hydrogens (tertiary/aromatic N) is 1. The van der Waals surface area contributed by atoms with Gasteiger partial charge in [-0.3, -0.25) is 9.69 Å². The van der Waals surface area contributed by atoms with E-state index in [2.05, 4.69) is 15.9 Å². The molecule has 0 aliphatic carbocycles. The molecule has 0 aromatic carbocycles. The highest BCUT2D eigenvalue weighted by molar-refractivity contribution is 9.10. The lowest BCUT2D eigenvalue weighted by atomic mass is 10.1. The molecule has 22 heavy (non-hydrogen) atoms. The van der Waals surface area contributed by atoms with E-state index in [9.17, 15) is 14.7 Å². The standard InChI is InChI=1S/C14H14BrNO4S2/c1-2-3-4-9(13(18)19)16-12(17)10(22-14(16)21)7-8-5-6-11(15)20-8/h5-7,9H,2-4H2,1H3,(H,18,19)/p-1/b10-7+/t9-/m0/s1. The van der Waals surface area contributed by atoms with Gasteiger partial charge in [0.15, 0.2) is 4.67 Å². The molecule has 0 unspecified atom stereocenters. The molecular weight excluding hydrogens is 390 g/mol. The van der Waals surface area contributed by atoms with Gasteiger partial charge in [-0.2, -0.15) is 0 Å². The third kappa shape index (κ3) is 3.80. The van der Waals surface area contributed by atoms with Gasteiger partial charge in [0, 0.05) is 6.08 Å². The molecule has 5 nitrogen and oxygen atoms in total. The van der Waals surface area contributed by atoms with Crippen molar-refractivity contribution >= 4 is 62.2 Å². The van der Waals surface area contributed by atoms with Crippen LogP contribution in [0.5, 0.6) is 0 Å². The SMILES string of the molecule is CCCC[C@@H](C(=O)[O-])N1C(=O)/C(=C\c2ccc(Br)o2)SC1=S. The lowest BCUT2D eigenvalue weighted by Gasteiger charge is -2.27. The van der Waals surface area contributed by atoms with Crippen LogP contribution in [0, 0.1) is 0 Å². The number of halogens is 1. The minimum absolute atomic E-state index is 0.229. The fourth-order valence-corrected chi connectivity index (χ4v) is 3.69. The maximum absolute atomic E-state index is 12.4. The zero-order valence-electron chi connectivity index (χ0n) is 11.7. The number of hydrogen-bond acceptors (Lipinski definition) is 6. The Kier molecular flexibility index (Phi) is 5.82. The summed E-state index contributed by atoms with van der Waals surface area (Å²) in [7, 11) is 0. The highest BCUT2D eigenvalue weighted by Crippen LogP contribution is 2.35. The van der Waals surface area contributed by atoms with Crippen molar-refractivity contribution in [3.63, 3.8) is 0 Å². The van der Waals surface area contributed by atoms with Crippen LogP contribution in [0.25, 0.3) is 6.08 Å². The molecule has 1 aromatic heterocycles. The molecule has 0 spiro atoms. The highest BCUT2D eigenvalue weighted by atomic mass is 79.9. The molecule has 0 bridgehead atoms. The van der Waals surface area contributed by atoms with Gasteiger partial charge >= 0.3 is 0 Å². The van der Waals surface area contributed by atoms with Gasteiger partial charge in [0.1, 0.15) is 10.1 Å². The van der Waals surface area contributed by atoms with Crippen LogP contribution in [0.15, 0.2) is 26.1 Å². The summed E-state index contributed by atoms with van der Waals surface area (Å²) in [5.41, 5.74) is 0. The summed E-state index contributed by atoms with van der Waals surface area (Å²) in [6.45, 7) is 1.95. The van der Waals surface area contributed by atoms with Gasteiger partial charge in [0.05, 0.1) is 16.9 Å². The van der Waals surface area contributed by atoms with Crippen LogP contribution in [-0.4, -0.2) is 27.1 Å². The van der Waals surface area contributed by atoms with E-state index in [0.717, 1.165) is 23.1 Å². The Morgan fingerprint density at radius 2 is 2.32 bits per heavy atom. The number of thiocarbonyl (C=S) groups is 1. The van der Waals surface area contributed by atoms with Crippen molar-refractivity contribution in [3.8, 4) is 0 Å². The second-order valence-electron chi connectivity index (χ2n) is 4.67. The van der Waals surface area contributed by atoms with Gasteiger partial charge in [-0.05, 0) is 34.5 Å². The lowest BCUT2D eigenvalue weighted by Crippen LogP contribution is -2.49. The summed E-state index contributed by atoms with van der Waals surface area (Å²) in [4.78, 5) is 25.3. The van der Waals surface area contributed by atoms with Gasteiger partial charge in [0.2, 0.25) is 0 Å². The van der Waals surface area contributed by atoms with Crippen LogP contribution in [0.1, 0.15) is 31.9 Å². The van der Waals surface area contributed by atoms with Gasteiger partial charge in [-0.15, -0.1) is 0 Å². The summed E-state index contributed by atoms with van der Waals surface area (Å²) >= 11 is 9.41. The Labute approximate surface area is 145 Å². The van der Waals surface area contributed by atoms with Gasteiger partial charge in [-0.25, -0.2) is 0 Å². The van der Waals surface area contributed by atoms with Crippen LogP contribution in [0.2, 0.25) is 0 Å². The Morgan fingerprint density at radius 3 is 2.86 bits per heavy atom. The fraction of sp³-hybridized carbons (Fsp3) is 0.357. The molecule has 118 valence electrons. The lowest BCUT2D eigenvalue weighted by molar-refractivity contribution is -0.310. The number of carboxylic acids is 1. The second-order valence-corrected chi connectivity index (χ2v) is 7.13. The zero-order valence-corrected chi connectivity index (χ0v) is 14.9. The monoisotopic (exact) mass is 402 g/mol. The molecule has 2 rings (SSSR count). The van der Waals surface area contributed by atoms with Crippen LogP contribution in [0.3, 0.4) is 0 Å². The van der Waals surface area contributed by atoms with E-state index in [-0.39, 0.29) is 4.32 Å². The zero-order chi connectivity index (χ0) is 16.3. The first kappa shape index (κ1) is 17.2. The van der Waals surface area contributed by atoms with E-state index in [1.807, 2.05) is 6.92 Å². The molecule has 0 N–H and O–H groups in total. The number of carbonyl (C=O) groups excluding carboxylic acids is 2. The molecular formula is C14H13BrNO4S2-. The van der Waals surface area contributed by atoms with Crippen molar-refractivity contribution in [1.29, 1.82) is 0 Å². The largest absolute Gasteiger partial charge is 0.548 e. The normalized spacial score (nSPS) is 18.3. The van der Waals surface area contributed by atoms with Gasteiger partial charge in [0.25, 0.3) is 5.91 Å². The molecule has 1 saturated heterocycles. The molecule has 2 heterocycles. The van der Waals surface area contributed by atoms with Crippen molar-refractivity contribution in [2.45, 2.75) is 32.2 Å². The van der Waals surface area contributed by atoms with Crippen molar-refractivity contribution in [2.75, 3.05) is 0 Å². The Hall–Kier alpha value is -1.12. The molecule has 1 fully saturated rings. The van der Waals surface area contributed by atoms with E-state index in [0.29, 0.717) is 28.2 Å². The molecule has 1 aliphatic rings. The first-order valence-electron chi connectivity index (χ1n) is 6.67. The second kappa shape index (κ2) is 7.43. The first-order valence-corrected chi connectivity index (χ1v) is 8.69. The van der Waals surface area contributed by atoms with Crippen LogP contribution < -0.4 is 5.11 Å². The van der Waals surface area contributed by atoms with Crippen molar-refractivity contribution in [2.24, 2.45) is 0 Å². The quantitative estimate of drug-likeness (QED) is 0.537. The van der Waals surface area contributed by atoms with Gasteiger partial charge in [-0.1, -0.05) is 43.7 Å². The van der Waals surface area contributed by atoms with Crippen LogP contribution in [-0.2, 0) is 9.59 Å². The predicted octanol–water partition coefficient (Wildman–Crippen LogP) is 2.55. The first-order chi connectivity index (χ1) is 10.4. The predicted molar refractivity (Wildman–Crippen MR) is 89.7 cm³/mol. The number of carbonyl (C=O) groups is 2. The van der Waals surface area contributed by atoms with Crippen LogP contribution >= 0.6 is 39.9 Å². The molecule has 1 amide bonds. The summed E-state index contributed by atoms with van der Waals surface area (Å²) in [5, 5.41) is 11.3. The average Bonchev–Trinajstić information content (AvgIpc) is 2.97. The van der Waals surface area contributed by atoms with E-state index < -0.39 is 17.9 Å². The third-order valence-corrected chi connectivity index (χ3v) is 4.86. The Morgan fingerprint density at radius 1 is 1.59 bits per heavy atom. The summed E-state index contributed by atoms with van der Waals surface area (Å²) in [6, 6.07) is 2.38. The van der Waals surface area contributed by atoms with E-state index in [1.165, 1.54) is 0 Å². The number of rotatable bonds is 6. The van der Waals surface area contributed by atoms with Crippen molar-refractivity contribution in [3.05, 3.63) is 27.5 Å². The number of thioether (sulfide) groups is 1. The topological polar surface area (TPSA) is 73.6 Å². The minimum Gasteiger partial charge on any atom is -0.548 e. The number of aliphatic carboxylic acids is 1. The maximum atomic E-state index is 12.4. The van der Waals surface area contributed by atoms with E-state index >= 15 is 0 Å². The number of furan rings is 1. The smallest absolute Gasteiger partial charge is 0.266 e. The molecule has 1 aliphatic heterocycles. The number of unbranched alkanes of at least 4 members (excludes halogenated alkanes) is 1. The van der Waals surface area contributed by atoms with E-state index in [4.69, 9.17) is 16.6 Å². The van der Waals surface area contributed by atoms with E-state index in [1.54, 1.807) is 18.2 Å². The van der Waals surface area contributed by atoms with Gasteiger partial charge < -0.3 is 14.3 Å². The Balaban J connectivity index is 2.23. The fourth-order valence-electron chi connectivity index (χ4n) is 2.03. The minimum atomic E-state index is -1.29. The molecule has 8 heteroatoms. The number of hydrogen-bond donors (Lipinski definition) is 0. The number of amides is 1. The highest BCUT2D eigenvalue weighted by Gasteiger charge is 2.37. The Bertz CT molecular complexity index is 641. The molecule has 1 aromatic rings. The number of carboxylic acid groups (broad SMARTS) is 1. The summed E-state index contributed by atoms with van der Waals surface area (Å²) in [5.74, 6) is -1.22.